The summed E-state index contributed by atoms with van der Waals surface area (Å²) in [5.41, 5.74) is 1.63. The topological polar surface area (TPSA) is 53.4 Å². The third-order valence-corrected chi connectivity index (χ3v) is 3.51. The van der Waals surface area contributed by atoms with Crippen LogP contribution >= 0.6 is 15.9 Å². The molecule has 6 heteroatoms. The number of hydrogen-bond acceptors (Lipinski definition) is 4. The van der Waals surface area contributed by atoms with Gasteiger partial charge in [0, 0.05) is 16.7 Å². The van der Waals surface area contributed by atoms with Crippen LogP contribution in [0.25, 0.3) is 11.8 Å². The second-order valence-corrected chi connectivity index (χ2v) is 5.35. The Bertz CT molecular complexity index is 722. The number of esters is 1. The average molecular weight is 349 g/mol. The third-order valence-electron chi connectivity index (χ3n) is 3.01. The molecule has 2 heterocycles. The highest BCUT2D eigenvalue weighted by Gasteiger charge is 2.18. The second kappa shape index (κ2) is 5.73. The molecule has 1 aliphatic rings. The van der Waals surface area contributed by atoms with E-state index in [1.165, 1.54) is 6.08 Å². The lowest BCUT2D eigenvalue weighted by molar-refractivity contribution is -0.137. The Kier molecular flexibility index (Phi) is 3.79. The summed E-state index contributed by atoms with van der Waals surface area (Å²) >= 11 is 3.42. The van der Waals surface area contributed by atoms with Crippen LogP contribution in [0.1, 0.15) is 18.4 Å². The zero-order chi connectivity index (χ0) is 14.8. The smallest absolute Gasteiger partial charge is 0.330 e. The first-order valence-corrected chi connectivity index (χ1v) is 7.32. The van der Waals surface area contributed by atoms with Crippen molar-refractivity contribution < 1.29 is 14.3 Å². The van der Waals surface area contributed by atoms with Gasteiger partial charge in [-0.15, -0.1) is 0 Å². The summed E-state index contributed by atoms with van der Waals surface area (Å²) in [5.74, 6) is 1.23. The molecule has 1 aromatic heterocycles. The molecule has 1 aromatic carbocycles. The molecule has 108 valence electrons. The van der Waals surface area contributed by atoms with Crippen LogP contribution in [0.3, 0.4) is 0 Å². The summed E-state index contributed by atoms with van der Waals surface area (Å²) in [6.07, 6.45) is 4.89. The summed E-state index contributed by atoms with van der Waals surface area (Å²) in [7, 11) is 0. The number of aromatic nitrogens is 2. The average Bonchev–Trinajstić information content (AvgIpc) is 2.88. The van der Waals surface area contributed by atoms with Gasteiger partial charge >= 0.3 is 5.97 Å². The van der Waals surface area contributed by atoms with Gasteiger partial charge in [0.25, 0.3) is 0 Å². The molecule has 0 aliphatic carbocycles. The molecular weight excluding hydrogens is 336 g/mol. The molecular formula is C15H13BrN2O3. The van der Waals surface area contributed by atoms with Crippen molar-refractivity contribution in [2.75, 3.05) is 6.61 Å². The molecule has 2 aromatic rings. The van der Waals surface area contributed by atoms with Crippen LogP contribution in [0, 0.1) is 0 Å². The monoisotopic (exact) mass is 348 g/mol. The molecule has 1 aliphatic heterocycles. The van der Waals surface area contributed by atoms with E-state index in [1.54, 1.807) is 13.0 Å². The first-order chi connectivity index (χ1) is 10.2. The molecule has 0 radical (unpaired) electrons. The van der Waals surface area contributed by atoms with Crippen molar-refractivity contribution in [3.8, 4) is 11.4 Å². The largest absolute Gasteiger partial charge is 0.483 e. The van der Waals surface area contributed by atoms with Gasteiger partial charge in [0.05, 0.1) is 18.0 Å². The van der Waals surface area contributed by atoms with E-state index in [0.29, 0.717) is 18.9 Å². The van der Waals surface area contributed by atoms with Crippen LogP contribution in [0.5, 0.6) is 5.75 Å². The summed E-state index contributed by atoms with van der Waals surface area (Å²) in [5, 5.41) is 0. The zero-order valence-electron chi connectivity index (χ0n) is 11.4. The highest BCUT2D eigenvalue weighted by Crippen LogP contribution is 2.32. The predicted octanol–water partition coefficient (Wildman–Crippen LogP) is 3.10. The number of carbonyl (C=O) groups is 1. The number of rotatable bonds is 3. The Morgan fingerprint density at radius 1 is 1.57 bits per heavy atom. The fraction of sp³-hybridized carbons (Fsp3) is 0.200. The van der Waals surface area contributed by atoms with Gasteiger partial charge in [-0.05, 0) is 31.2 Å². The molecule has 5 nitrogen and oxygen atoms in total. The minimum Gasteiger partial charge on any atom is -0.483 e. The molecule has 0 saturated heterocycles. The van der Waals surface area contributed by atoms with Gasteiger partial charge in [0.2, 0.25) is 0 Å². The summed E-state index contributed by atoms with van der Waals surface area (Å²) in [4.78, 5) is 15.8. The first-order valence-electron chi connectivity index (χ1n) is 6.53. The van der Waals surface area contributed by atoms with Crippen LogP contribution in [0.4, 0.5) is 0 Å². The van der Waals surface area contributed by atoms with Crippen LogP contribution in [0.2, 0.25) is 0 Å². The maximum Gasteiger partial charge on any atom is 0.330 e. The maximum absolute atomic E-state index is 11.3. The van der Waals surface area contributed by atoms with Crippen molar-refractivity contribution in [1.29, 1.82) is 0 Å². The molecule has 0 spiro atoms. The number of benzene rings is 1. The Hall–Kier alpha value is -2.08. The van der Waals surface area contributed by atoms with Gasteiger partial charge in [0.1, 0.15) is 12.4 Å². The summed E-state index contributed by atoms with van der Waals surface area (Å²) in [6, 6.07) is 5.83. The molecule has 0 amide bonds. The fourth-order valence-electron chi connectivity index (χ4n) is 2.12. The number of ether oxygens (including phenoxy) is 2. The lowest BCUT2D eigenvalue weighted by atomic mass is 10.2. The van der Waals surface area contributed by atoms with Gasteiger partial charge in [-0.2, -0.15) is 0 Å². The highest BCUT2D eigenvalue weighted by atomic mass is 79.9. The van der Waals surface area contributed by atoms with Crippen LogP contribution in [-0.2, 0) is 16.1 Å². The third kappa shape index (κ3) is 2.85. The Morgan fingerprint density at radius 2 is 2.43 bits per heavy atom. The van der Waals surface area contributed by atoms with Gasteiger partial charge < -0.3 is 9.47 Å². The number of carbonyl (C=O) groups excluding carboxylic acids is 1. The van der Waals surface area contributed by atoms with E-state index in [2.05, 4.69) is 20.9 Å². The van der Waals surface area contributed by atoms with Crippen molar-refractivity contribution in [3.63, 3.8) is 0 Å². The van der Waals surface area contributed by atoms with E-state index >= 15 is 0 Å². The Labute approximate surface area is 130 Å². The van der Waals surface area contributed by atoms with Crippen molar-refractivity contribution in [1.82, 2.24) is 9.55 Å². The quantitative estimate of drug-likeness (QED) is 0.631. The van der Waals surface area contributed by atoms with Crippen LogP contribution < -0.4 is 4.74 Å². The van der Waals surface area contributed by atoms with Crippen LogP contribution in [0.15, 0.2) is 34.9 Å². The first kappa shape index (κ1) is 13.9. The molecule has 0 saturated carbocycles. The van der Waals surface area contributed by atoms with Gasteiger partial charge in [-0.1, -0.05) is 15.9 Å². The summed E-state index contributed by atoms with van der Waals surface area (Å²) < 4.78 is 13.5. The minimum atomic E-state index is -0.371. The highest BCUT2D eigenvalue weighted by molar-refractivity contribution is 9.10. The molecule has 0 unspecified atom stereocenters. The molecule has 3 rings (SSSR count). The van der Waals surface area contributed by atoms with Crippen LogP contribution in [-0.4, -0.2) is 22.1 Å². The van der Waals surface area contributed by atoms with Crippen molar-refractivity contribution in [3.05, 3.63) is 46.5 Å². The molecule has 0 atom stereocenters. The standard InChI is InChI=1S/C15H13BrN2O3/c1-2-20-15(19)6-4-11-8-18-12-5-3-10(16)7-13(12)21-9-14(18)17-11/h3-8H,2,9H2,1H3/b6-4+. The molecule has 0 N–H and O–H groups in total. The number of hydrogen-bond donors (Lipinski definition) is 0. The number of halogens is 1. The van der Waals surface area contributed by atoms with Crippen molar-refractivity contribution in [2.24, 2.45) is 0 Å². The lowest BCUT2D eigenvalue weighted by Crippen LogP contribution is -2.12. The molecule has 21 heavy (non-hydrogen) atoms. The SMILES string of the molecule is CCOC(=O)/C=C/c1cn2c(n1)COc1cc(Br)ccc1-2. The minimum absolute atomic E-state index is 0.360. The van der Waals surface area contributed by atoms with E-state index in [1.807, 2.05) is 29.0 Å². The Balaban J connectivity index is 1.90. The van der Waals surface area contributed by atoms with Gasteiger partial charge in [-0.25, -0.2) is 9.78 Å². The van der Waals surface area contributed by atoms with E-state index in [9.17, 15) is 4.79 Å². The fourth-order valence-corrected chi connectivity index (χ4v) is 2.46. The van der Waals surface area contributed by atoms with Gasteiger partial charge in [0.15, 0.2) is 5.82 Å². The van der Waals surface area contributed by atoms with Gasteiger partial charge in [-0.3, -0.25) is 4.57 Å². The number of nitrogens with zero attached hydrogens (tertiary/aromatic N) is 2. The van der Waals surface area contributed by atoms with E-state index in [4.69, 9.17) is 9.47 Å². The van der Waals surface area contributed by atoms with Crippen molar-refractivity contribution >= 4 is 28.0 Å². The van der Waals surface area contributed by atoms with E-state index in [-0.39, 0.29) is 5.97 Å². The Morgan fingerprint density at radius 3 is 3.24 bits per heavy atom. The van der Waals surface area contributed by atoms with E-state index < -0.39 is 0 Å². The number of fused-ring (bicyclic) bond motifs is 3. The maximum atomic E-state index is 11.3. The van der Waals surface area contributed by atoms with E-state index in [0.717, 1.165) is 21.7 Å². The predicted molar refractivity (Wildman–Crippen MR) is 81.3 cm³/mol. The normalized spacial score (nSPS) is 12.7. The molecule has 0 bridgehead atoms. The lowest BCUT2D eigenvalue weighted by Gasteiger charge is -2.19. The zero-order valence-corrected chi connectivity index (χ0v) is 13.0. The molecule has 0 fully saturated rings. The summed E-state index contributed by atoms with van der Waals surface area (Å²) in [6.45, 7) is 2.53. The van der Waals surface area contributed by atoms with Crippen molar-refractivity contribution in [2.45, 2.75) is 13.5 Å². The number of imidazole rings is 1. The second-order valence-electron chi connectivity index (χ2n) is 4.44.